The van der Waals surface area contributed by atoms with E-state index in [1.165, 1.54) is 103 Å². The molecule has 0 aliphatic rings. The Morgan fingerprint density at radius 3 is 1.54 bits per heavy atom. The Labute approximate surface area is 167 Å². The summed E-state index contributed by atoms with van der Waals surface area (Å²) < 4.78 is 4.97. The third-order valence-electron chi connectivity index (χ3n) is 6.19. The quantitative estimate of drug-likeness (QED) is 0.179. The molecule has 0 fully saturated rings. The molecule has 156 valence electrons. The minimum atomic E-state index is 0.0146. The summed E-state index contributed by atoms with van der Waals surface area (Å²) in [6.07, 6.45) is 23.4. The van der Waals surface area contributed by atoms with Crippen LogP contribution in [0.5, 0.6) is 0 Å². The van der Waals surface area contributed by atoms with Crippen LogP contribution in [-0.2, 0) is 9.22 Å². The zero-order chi connectivity index (χ0) is 19.5. The molecule has 0 heterocycles. The van der Waals surface area contributed by atoms with Gasteiger partial charge in [-0.25, -0.2) is 0 Å². The van der Waals surface area contributed by atoms with Gasteiger partial charge in [0.25, 0.3) is 5.97 Å². The van der Waals surface area contributed by atoms with Crippen molar-refractivity contribution in [2.24, 2.45) is 5.41 Å². The molecule has 0 bridgehead atoms. The fourth-order valence-corrected chi connectivity index (χ4v) is 4.38. The van der Waals surface area contributed by atoms with Gasteiger partial charge in [0.1, 0.15) is 0 Å². The van der Waals surface area contributed by atoms with E-state index >= 15 is 0 Å². The lowest BCUT2D eigenvalue weighted by molar-refractivity contribution is -0.134. The molecule has 0 radical (unpaired) electrons. The second-order valence-corrected chi connectivity index (χ2v) is 8.73. The third kappa shape index (κ3) is 13.8. The average molecular weight is 385 g/mol. The van der Waals surface area contributed by atoms with Gasteiger partial charge in [0.2, 0.25) is 10.5 Å². The van der Waals surface area contributed by atoms with Crippen molar-refractivity contribution >= 4 is 16.5 Å². The normalized spacial score (nSPS) is 11.8. The van der Waals surface area contributed by atoms with Crippen LogP contribution in [-0.4, -0.2) is 16.5 Å². The molecule has 0 saturated carbocycles. The minimum absolute atomic E-state index is 0.0146. The maximum atomic E-state index is 11.5. The number of hydrogen-bond acceptors (Lipinski definition) is 2. The predicted molar refractivity (Wildman–Crippen MR) is 119 cm³/mol. The second-order valence-electron chi connectivity index (χ2n) is 8.32. The van der Waals surface area contributed by atoms with Gasteiger partial charge in [-0.15, -0.1) is 0 Å². The molecule has 0 amide bonds. The van der Waals surface area contributed by atoms with Gasteiger partial charge in [-0.3, -0.25) is 4.79 Å². The van der Waals surface area contributed by atoms with Crippen LogP contribution >= 0.6 is 0 Å². The highest BCUT2D eigenvalue weighted by atomic mass is 28.2. The van der Waals surface area contributed by atoms with E-state index in [-0.39, 0.29) is 5.97 Å². The summed E-state index contributed by atoms with van der Waals surface area (Å²) in [5, 5.41) is 0. The van der Waals surface area contributed by atoms with E-state index in [0.717, 1.165) is 6.42 Å². The van der Waals surface area contributed by atoms with Crippen LogP contribution in [0.25, 0.3) is 0 Å². The lowest BCUT2D eigenvalue weighted by atomic mass is 9.72. The Bertz CT molecular complexity index is 301. The van der Waals surface area contributed by atoms with Crippen LogP contribution in [0.15, 0.2) is 0 Å². The maximum absolute atomic E-state index is 11.5. The Hall–Kier alpha value is -0.313. The van der Waals surface area contributed by atoms with Gasteiger partial charge >= 0.3 is 0 Å². The smallest absolute Gasteiger partial charge is 0.291 e. The van der Waals surface area contributed by atoms with Gasteiger partial charge in [-0.2, -0.15) is 0 Å². The van der Waals surface area contributed by atoms with E-state index in [0.29, 0.717) is 22.3 Å². The first kappa shape index (κ1) is 25.7. The summed E-state index contributed by atoms with van der Waals surface area (Å²) in [7, 11) is 0.536. The first-order valence-corrected chi connectivity index (χ1v) is 12.5. The highest BCUT2D eigenvalue weighted by molar-refractivity contribution is 6.05. The van der Waals surface area contributed by atoms with E-state index in [1.807, 2.05) is 0 Å². The van der Waals surface area contributed by atoms with Crippen LogP contribution in [0.1, 0.15) is 136 Å². The average Bonchev–Trinajstić information content (AvgIpc) is 2.66. The minimum Gasteiger partial charge on any atom is -0.529 e. The second kappa shape index (κ2) is 18.1. The molecule has 0 aromatic heterocycles. The number of carbonyl (C=O) groups is 1. The van der Waals surface area contributed by atoms with Gasteiger partial charge in [0, 0.05) is 6.42 Å². The Kier molecular flexibility index (Phi) is 17.9. The molecular formula is C23H48O2Si. The van der Waals surface area contributed by atoms with Crippen molar-refractivity contribution in [3.63, 3.8) is 0 Å². The van der Waals surface area contributed by atoms with Gasteiger partial charge in [0.05, 0.1) is 0 Å². The summed E-state index contributed by atoms with van der Waals surface area (Å²) in [5.41, 5.74) is 0.473. The van der Waals surface area contributed by atoms with E-state index in [2.05, 4.69) is 20.8 Å². The largest absolute Gasteiger partial charge is 0.529 e. The van der Waals surface area contributed by atoms with Crippen molar-refractivity contribution in [3.05, 3.63) is 0 Å². The fourth-order valence-electron chi connectivity index (χ4n) is 4.18. The van der Waals surface area contributed by atoms with Crippen LogP contribution in [0.4, 0.5) is 0 Å². The van der Waals surface area contributed by atoms with E-state index < -0.39 is 0 Å². The predicted octanol–water partition coefficient (Wildman–Crippen LogP) is 6.88. The van der Waals surface area contributed by atoms with Crippen molar-refractivity contribution < 1.29 is 9.22 Å². The van der Waals surface area contributed by atoms with Crippen LogP contribution in [0.2, 0.25) is 0 Å². The van der Waals surface area contributed by atoms with E-state index in [9.17, 15) is 4.79 Å². The number of carbonyl (C=O) groups excluding carboxylic acids is 1. The molecule has 0 rings (SSSR count). The molecule has 0 aliphatic carbocycles. The summed E-state index contributed by atoms with van der Waals surface area (Å²) in [5.74, 6) is 0.0146. The van der Waals surface area contributed by atoms with Crippen molar-refractivity contribution in [1.29, 1.82) is 0 Å². The van der Waals surface area contributed by atoms with E-state index in [4.69, 9.17) is 4.43 Å². The van der Waals surface area contributed by atoms with Gasteiger partial charge in [0.15, 0.2) is 0 Å². The van der Waals surface area contributed by atoms with Gasteiger partial charge in [-0.05, 0) is 31.1 Å². The zero-order valence-electron chi connectivity index (χ0n) is 18.5. The summed E-state index contributed by atoms with van der Waals surface area (Å²) in [4.78, 5) is 11.5. The molecule has 0 aliphatic heterocycles. The number of rotatable bonds is 19. The van der Waals surface area contributed by atoms with Crippen molar-refractivity contribution in [3.8, 4) is 0 Å². The molecule has 0 N–H and O–H groups in total. The Balaban J connectivity index is 4.33. The molecule has 3 heteroatoms. The topological polar surface area (TPSA) is 26.3 Å². The zero-order valence-corrected chi connectivity index (χ0v) is 20.5. The molecule has 0 atom stereocenters. The number of unbranched alkanes of at least 4 members (excludes halogenated alkanes) is 10. The lowest BCUT2D eigenvalue weighted by Crippen LogP contribution is -2.21. The van der Waals surface area contributed by atoms with Crippen LogP contribution in [0, 0.1) is 5.41 Å². The van der Waals surface area contributed by atoms with Crippen molar-refractivity contribution in [1.82, 2.24) is 0 Å². The van der Waals surface area contributed by atoms with Gasteiger partial charge in [-0.1, -0.05) is 104 Å². The molecule has 0 aromatic carbocycles. The van der Waals surface area contributed by atoms with Crippen molar-refractivity contribution in [2.75, 3.05) is 0 Å². The highest BCUT2D eigenvalue weighted by Gasteiger charge is 2.27. The SMILES string of the molecule is CCCCCCCCC(CC)(CCCCCCCC)CCCC(=O)O[SiH3]. The molecule has 0 aromatic rings. The summed E-state index contributed by atoms with van der Waals surface area (Å²) >= 11 is 0. The monoisotopic (exact) mass is 384 g/mol. The summed E-state index contributed by atoms with van der Waals surface area (Å²) in [6, 6.07) is 0. The Morgan fingerprint density at radius 2 is 1.12 bits per heavy atom. The summed E-state index contributed by atoms with van der Waals surface area (Å²) in [6.45, 7) is 6.94. The van der Waals surface area contributed by atoms with Crippen LogP contribution in [0.3, 0.4) is 0 Å². The van der Waals surface area contributed by atoms with E-state index in [1.54, 1.807) is 0 Å². The number of hydrogen-bond donors (Lipinski definition) is 0. The van der Waals surface area contributed by atoms with Crippen molar-refractivity contribution in [2.45, 2.75) is 136 Å². The molecule has 0 unspecified atom stereocenters. The molecular weight excluding hydrogens is 336 g/mol. The maximum Gasteiger partial charge on any atom is 0.291 e. The highest BCUT2D eigenvalue weighted by Crippen LogP contribution is 2.40. The fraction of sp³-hybridized carbons (Fsp3) is 0.957. The first-order valence-electron chi connectivity index (χ1n) is 11.7. The third-order valence-corrected chi connectivity index (χ3v) is 6.64. The molecule has 2 nitrogen and oxygen atoms in total. The van der Waals surface area contributed by atoms with Gasteiger partial charge < -0.3 is 4.43 Å². The Morgan fingerprint density at radius 1 is 0.692 bits per heavy atom. The standard InChI is InChI=1S/C23H48O2Si/c1-4-7-9-11-13-15-19-23(6-3,21-17-18-22(24)25-26)20-16-14-12-10-8-5-2/h4-21H2,1-3,26H3. The molecule has 26 heavy (non-hydrogen) atoms. The first-order chi connectivity index (χ1) is 12.6. The van der Waals surface area contributed by atoms with Crippen LogP contribution < -0.4 is 0 Å². The lowest BCUT2D eigenvalue weighted by Gasteiger charge is -2.33. The molecule has 0 saturated heterocycles. The molecule has 0 spiro atoms.